The number of carbonyl (C=O) groups excluding carboxylic acids is 3. The number of fused-ring (bicyclic) bond motifs is 3. The number of nitrogens with two attached hydrogens (primary N) is 1. The zero-order chi connectivity index (χ0) is 17.1. The van der Waals surface area contributed by atoms with Crippen molar-refractivity contribution in [1.82, 2.24) is 9.47 Å². The highest BCUT2D eigenvalue weighted by atomic mass is 16.2. The van der Waals surface area contributed by atoms with Gasteiger partial charge in [-0.15, -0.1) is 0 Å². The molecule has 1 aliphatic rings. The third kappa shape index (κ3) is 1.78. The average molecular weight is 313 g/mol. The minimum absolute atomic E-state index is 0.298. The molecule has 6 nitrogen and oxygen atoms in total. The van der Waals surface area contributed by atoms with Gasteiger partial charge in [-0.3, -0.25) is 19.3 Å². The molecule has 0 saturated heterocycles. The van der Waals surface area contributed by atoms with Crippen molar-refractivity contribution >= 4 is 28.6 Å². The van der Waals surface area contributed by atoms with Gasteiger partial charge in [0.25, 0.3) is 11.8 Å². The van der Waals surface area contributed by atoms with Crippen LogP contribution in [0.3, 0.4) is 0 Å². The van der Waals surface area contributed by atoms with Crippen LogP contribution in [0, 0.1) is 5.92 Å². The molecule has 1 atom stereocenters. The van der Waals surface area contributed by atoms with Gasteiger partial charge in [-0.1, -0.05) is 13.8 Å². The number of aromatic nitrogens is 1. The number of primary amides is 1. The number of imide groups is 1. The maximum absolute atomic E-state index is 13.0. The molecule has 0 saturated carbocycles. The summed E-state index contributed by atoms with van der Waals surface area (Å²) in [7, 11) is 1.87. The summed E-state index contributed by atoms with van der Waals surface area (Å²) >= 11 is 0. The molecule has 1 unspecified atom stereocenters. The summed E-state index contributed by atoms with van der Waals surface area (Å²) in [6.07, 6.45) is 1.83. The summed E-state index contributed by atoms with van der Waals surface area (Å²) in [4.78, 5) is 38.8. The molecule has 0 fully saturated rings. The molecule has 2 N–H and O–H groups in total. The zero-order valence-electron chi connectivity index (χ0n) is 13.6. The number of hydrogen-bond donors (Lipinski definition) is 1. The van der Waals surface area contributed by atoms with Gasteiger partial charge in [0.05, 0.1) is 11.1 Å². The second-order valence-electron chi connectivity index (χ2n) is 6.46. The van der Waals surface area contributed by atoms with Gasteiger partial charge in [0.15, 0.2) is 0 Å². The minimum Gasteiger partial charge on any atom is -0.368 e. The van der Waals surface area contributed by atoms with Crippen molar-refractivity contribution in [2.75, 3.05) is 0 Å². The first-order chi connectivity index (χ1) is 10.7. The molecule has 120 valence electrons. The average Bonchev–Trinajstić information content (AvgIpc) is 2.97. The first-order valence-electron chi connectivity index (χ1n) is 7.48. The topological polar surface area (TPSA) is 85.4 Å². The summed E-state index contributed by atoms with van der Waals surface area (Å²) in [5.41, 5.74) is 5.70. The molecule has 1 aromatic heterocycles. The maximum Gasteiger partial charge on any atom is 0.263 e. The normalized spacial score (nSPS) is 17.0. The molecule has 23 heavy (non-hydrogen) atoms. The molecule has 6 heteroatoms. The number of carbonyl (C=O) groups is 3. The number of benzene rings is 1. The number of nitrogens with zero attached hydrogens (tertiary/aromatic N) is 2. The van der Waals surface area contributed by atoms with E-state index in [1.165, 1.54) is 0 Å². The SMILES string of the molecule is CC(C)C(C)(C(N)=O)N1C(=O)c2ccc3c(ccn3C)c2C1=O. The predicted octanol–water partition coefficient (Wildman–Crippen LogP) is 1.67. The molecular formula is C17H19N3O3. The number of hydrogen-bond acceptors (Lipinski definition) is 3. The van der Waals surface area contributed by atoms with E-state index >= 15 is 0 Å². The van der Waals surface area contributed by atoms with Crippen LogP contribution in [0.5, 0.6) is 0 Å². The van der Waals surface area contributed by atoms with E-state index < -0.39 is 23.3 Å². The predicted molar refractivity (Wildman–Crippen MR) is 85.9 cm³/mol. The lowest BCUT2D eigenvalue weighted by Gasteiger charge is -2.37. The largest absolute Gasteiger partial charge is 0.368 e. The van der Waals surface area contributed by atoms with Crippen molar-refractivity contribution in [3.05, 3.63) is 35.5 Å². The van der Waals surface area contributed by atoms with Crippen molar-refractivity contribution < 1.29 is 14.4 Å². The quantitative estimate of drug-likeness (QED) is 0.875. The van der Waals surface area contributed by atoms with E-state index in [9.17, 15) is 14.4 Å². The van der Waals surface area contributed by atoms with Crippen molar-refractivity contribution in [3.63, 3.8) is 0 Å². The van der Waals surface area contributed by atoms with Crippen LogP contribution in [0.25, 0.3) is 10.9 Å². The Hall–Kier alpha value is -2.63. The Kier molecular flexibility index (Phi) is 3.11. The lowest BCUT2D eigenvalue weighted by atomic mass is 9.85. The fourth-order valence-corrected chi connectivity index (χ4v) is 3.16. The lowest BCUT2D eigenvalue weighted by molar-refractivity contribution is -0.129. The van der Waals surface area contributed by atoms with Gasteiger partial charge in [0.2, 0.25) is 5.91 Å². The van der Waals surface area contributed by atoms with E-state index in [-0.39, 0.29) is 5.92 Å². The molecular weight excluding hydrogens is 294 g/mol. The van der Waals surface area contributed by atoms with E-state index in [4.69, 9.17) is 5.73 Å². The molecule has 0 aliphatic carbocycles. The third-order valence-electron chi connectivity index (χ3n) is 5.01. The van der Waals surface area contributed by atoms with Crippen LogP contribution in [0.2, 0.25) is 0 Å². The van der Waals surface area contributed by atoms with Crippen LogP contribution in [0.1, 0.15) is 41.5 Å². The molecule has 3 amide bonds. The molecule has 0 spiro atoms. The van der Waals surface area contributed by atoms with Gasteiger partial charge in [0, 0.05) is 24.1 Å². The van der Waals surface area contributed by atoms with E-state index in [1.807, 2.05) is 17.8 Å². The van der Waals surface area contributed by atoms with Crippen LogP contribution in [-0.4, -0.2) is 32.7 Å². The third-order valence-corrected chi connectivity index (χ3v) is 5.01. The van der Waals surface area contributed by atoms with E-state index in [0.29, 0.717) is 16.5 Å². The molecule has 1 aliphatic heterocycles. The van der Waals surface area contributed by atoms with Crippen LogP contribution in [-0.2, 0) is 11.8 Å². The first-order valence-corrected chi connectivity index (χ1v) is 7.48. The van der Waals surface area contributed by atoms with Crippen LogP contribution in [0.4, 0.5) is 0 Å². The Bertz CT molecular complexity index is 865. The Morgan fingerprint density at radius 2 is 1.83 bits per heavy atom. The molecule has 1 aromatic carbocycles. The lowest BCUT2D eigenvalue weighted by Crippen LogP contribution is -2.60. The summed E-state index contributed by atoms with van der Waals surface area (Å²) in [5.74, 6) is -1.91. The number of rotatable bonds is 3. The van der Waals surface area contributed by atoms with Crippen molar-refractivity contribution in [3.8, 4) is 0 Å². The summed E-state index contributed by atoms with van der Waals surface area (Å²) in [6.45, 7) is 5.09. The Morgan fingerprint density at radius 3 is 2.39 bits per heavy atom. The zero-order valence-corrected chi connectivity index (χ0v) is 13.6. The van der Waals surface area contributed by atoms with Crippen LogP contribution < -0.4 is 5.73 Å². The van der Waals surface area contributed by atoms with Crippen LogP contribution >= 0.6 is 0 Å². The van der Waals surface area contributed by atoms with E-state index in [0.717, 1.165) is 10.4 Å². The fourth-order valence-electron chi connectivity index (χ4n) is 3.16. The van der Waals surface area contributed by atoms with Gasteiger partial charge in [-0.2, -0.15) is 0 Å². The van der Waals surface area contributed by atoms with Crippen molar-refractivity contribution in [2.45, 2.75) is 26.3 Å². The van der Waals surface area contributed by atoms with Gasteiger partial charge in [-0.05, 0) is 31.0 Å². The highest BCUT2D eigenvalue weighted by Crippen LogP contribution is 2.37. The monoisotopic (exact) mass is 313 g/mol. The first kappa shape index (κ1) is 15.3. The van der Waals surface area contributed by atoms with E-state index in [1.54, 1.807) is 39.0 Å². The summed E-state index contributed by atoms with van der Waals surface area (Å²) in [5, 5.41) is 0.710. The Balaban J connectivity index is 2.25. The fraction of sp³-hybridized carbons (Fsp3) is 0.353. The molecule has 2 aromatic rings. The second kappa shape index (κ2) is 4.68. The number of aryl methyl sites for hydroxylation is 1. The highest BCUT2D eigenvalue weighted by molar-refractivity contribution is 6.28. The maximum atomic E-state index is 13.0. The standard InChI is InChI=1S/C17H19N3O3/c1-9(2)17(3,16(18)23)20-14(21)11-5-6-12-10(7-8-19(12)4)13(11)15(20)22/h5-9H,1-4H3,(H2,18,23). The second-order valence-corrected chi connectivity index (χ2v) is 6.46. The van der Waals surface area contributed by atoms with Crippen molar-refractivity contribution in [1.29, 1.82) is 0 Å². The molecule has 0 radical (unpaired) electrons. The van der Waals surface area contributed by atoms with Gasteiger partial charge in [0.1, 0.15) is 5.54 Å². The molecule has 2 heterocycles. The number of amides is 3. The van der Waals surface area contributed by atoms with E-state index in [2.05, 4.69) is 0 Å². The van der Waals surface area contributed by atoms with Gasteiger partial charge < -0.3 is 10.3 Å². The van der Waals surface area contributed by atoms with Gasteiger partial charge >= 0.3 is 0 Å². The molecule has 0 bridgehead atoms. The summed E-state index contributed by atoms with van der Waals surface area (Å²) in [6, 6.07) is 5.25. The summed E-state index contributed by atoms with van der Waals surface area (Å²) < 4.78 is 1.88. The van der Waals surface area contributed by atoms with Gasteiger partial charge in [-0.25, -0.2) is 0 Å². The highest BCUT2D eigenvalue weighted by Gasteiger charge is 2.52. The minimum atomic E-state index is -1.37. The smallest absolute Gasteiger partial charge is 0.263 e. The van der Waals surface area contributed by atoms with Crippen LogP contribution in [0.15, 0.2) is 24.4 Å². The molecule has 3 rings (SSSR count). The Labute approximate surface area is 133 Å². The van der Waals surface area contributed by atoms with Crippen molar-refractivity contribution in [2.24, 2.45) is 18.7 Å². The Morgan fingerprint density at radius 1 is 1.17 bits per heavy atom.